The van der Waals surface area contributed by atoms with E-state index in [9.17, 15) is 9.18 Å². The van der Waals surface area contributed by atoms with Crippen LogP contribution in [0, 0.1) is 5.82 Å². The van der Waals surface area contributed by atoms with Crippen molar-refractivity contribution in [2.45, 2.75) is 6.54 Å². The number of hydrogen-bond donors (Lipinski definition) is 2. The van der Waals surface area contributed by atoms with Gasteiger partial charge in [0, 0.05) is 18.1 Å². The number of carbonyl (C=O) groups excluding carboxylic acids is 1. The molecule has 2 aromatic heterocycles. The van der Waals surface area contributed by atoms with Crippen LogP contribution in [0.2, 0.25) is 5.02 Å². The average Bonchev–Trinajstić information content (AvgIpc) is 2.64. The zero-order chi connectivity index (χ0) is 17.6. The molecular formula is C18H14ClFN4O. The summed E-state index contributed by atoms with van der Waals surface area (Å²) in [6.07, 6.45) is 4.70. The van der Waals surface area contributed by atoms with Crippen molar-refractivity contribution in [2.75, 3.05) is 5.32 Å². The summed E-state index contributed by atoms with van der Waals surface area (Å²) in [5.74, 6) is -0.757. The molecule has 0 aliphatic rings. The summed E-state index contributed by atoms with van der Waals surface area (Å²) in [5, 5.41) is 5.83. The molecule has 1 aromatic carbocycles. The van der Waals surface area contributed by atoms with Gasteiger partial charge in [-0.2, -0.15) is 0 Å². The van der Waals surface area contributed by atoms with Crippen LogP contribution in [0.25, 0.3) is 0 Å². The van der Waals surface area contributed by atoms with Gasteiger partial charge in [0.1, 0.15) is 5.82 Å². The number of halogens is 2. The molecule has 0 aliphatic heterocycles. The van der Waals surface area contributed by atoms with Gasteiger partial charge in [-0.1, -0.05) is 17.7 Å². The maximum atomic E-state index is 13.2. The van der Waals surface area contributed by atoms with E-state index >= 15 is 0 Å². The summed E-state index contributed by atoms with van der Waals surface area (Å²) >= 11 is 5.76. The number of carbonyl (C=O) groups is 1. The molecule has 3 aromatic rings. The molecule has 0 saturated heterocycles. The molecule has 2 N–H and O–H groups in total. The molecule has 0 atom stereocenters. The second-order valence-corrected chi connectivity index (χ2v) is 5.63. The number of amides is 1. The molecule has 25 heavy (non-hydrogen) atoms. The number of anilines is 2. The molecule has 126 valence electrons. The Balaban J connectivity index is 1.68. The number of rotatable bonds is 5. The van der Waals surface area contributed by atoms with Gasteiger partial charge in [-0.3, -0.25) is 14.8 Å². The lowest BCUT2D eigenvalue weighted by Gasteiger charge is -2.09. The number of aromatic nitrogens is 2. The van der Waals surface area contributed by atoms with Crippen molar-refractivity contribution >= 4 is 28.9 Å². The number of nitrogens with zero attached hydrogens (tertiary/aromatic N) is 2. The van der Waals surface area contributed by atoms with Crippen molar-refractivity contribution in [1.29, 1.82) is 0 Å². The normalized spacial score (nSPS) is 10.3. The van der Waals surface area contributed by atoms with Crippen LogP contribution in [-0.4, -0.2) is 15.9 Å². The SMILES string of the molecule is O=C(NCc1ccccn1)c1cncc(Nc2ccc(F)c(Cl)c2)c1. The van der Waals surface area contributed by atoms with Gasteiger partial charge in [-0.05, 0) is 36.4 Å². The predicted octanol–water partition coefficient (Wildman–Crippen LogP) is 3.94. The van der Waals surface area contributed by atoms with E-state index in [-0.39, 0.29) is 10.9 Å². The summed E-state index contributed by atoms with van der Waals surface area (Å²) in [6, 6.07) is 11.4. The topological polar surface area (TPSA) is 66.9 Å². The molecule has 3 rings (SSSR count). The van der Waals surface area contributed by atoms with Crippen molar-refractivity contribution in [1.82, 2.24) is 15.3 Å². The fourth-order valence-electron chi connectivity index (χ4n) is 2.15. The van der Waals surface area contributed by atoms with Gasteiger partial charge in [0.05, 0.1) is 34.7 Å². The minimum atomic E-state index is -0.493. The van der Waals surface area contributed by atoms with Gasteiger partial charge in [0.25, 0.3) is 5.91 Å². The summed E-state index contributed by atoms with van der Waals surface area (Å²) < 4.78 is 13.2. The number of benzene rings is 1. The Morgan fingerprint density at radius 2 is 2.00 bits per heavy atom. The zero-order valence-corrected chi connectivity index (χ0v) is 13.8. The Labute approximate surface area is 148 Å². The summed E-state index contributed by atoms with van der Waals surface area (Å²) in [6.45, 7) is 0.324. The predicted molar refractivity (Wildman–Crippen MR) is 94.3 cm³/mol. The maximum absolute atomic E-state index is 13.2. The standard InChI is InChI=1S/C18H14ClFN4O/c19-16-8-13(4-5-17(16)20)24-15-7-12(9-21-10-15)18(25)23-11-14-3-1-2-6-22-14/h1-10,24H,11H2,(H,23,25). The van der Waals surface area contributed by atoms with Crippen LogP contribution in [0.5, 0.6) is 0 Å². The molecule has 0 unspecified atom stereocenters. The highest BCUT2D eigenvalue weighted by molar-refractivity contribution is 6.31. The lowest BCUT2D eigenvalue weighted by molar-refractivity contribution is 0.0950. The minimum absolute atomic E-state index is 0.0159. The van der Waals surface area contributed by atoms with Gasteiger partial charge < -0.3 is 10.6 Å². The smallest absolute Gasteiger partial charge is 0.253 e. The van der Waals surface area contributed by atoms with Crippen LogP contribution in [0.15, 0.2) is 61.1 Å². The molecule has 1 amide bonds. The zero-order valence-electron chi connectivity index (χ0n) is 13.0. The van der Waals surface area contributed by atoms with Crippen LogP contribution in [0.4, 0.5) is 15.8 Å². The number of nitrogens with one attached hydrogen (secondary N) is 2. The van der Waals surface area contributed by atoms with E-state index in [4.69, 9.17) is 11.6 Å². The van der Waals surface area contributed by atoms with Gasteiger partial charge in [0.15, 0.2) is 0 Å². The highest BCUT2D eigenvalue weighted by atomic mass is 35.5. The van der Waals surface area contributed by atoms with Crippen molar-refractivity contribution in [2.24, 2.45) is 0 Å². The van der Waals surface area contributed by atoms with Gasteiger partial charge in [0.2, 0.25) is 0 Å². The molecule has 0 bridgehead atoms. The third kappa shape index (κ3) is 4.51. The quantitative estimate of drug-likeness (QED) is 0.726. The number of pyridine rings is 2. The van der Waals surface area contributed by atoms with Crippen molar-refractivity contribution in [3.63, 3.8) is 0 Å². The second kappa shape index (κ2) is 7.72. The van der Waals surface area contributed by atoms with Crippen LogP contribution in [0.3, 0.4) is 0 Å². The molecule has 0 saturated carbocycles. The Morgan fingerprint density at radius 3 is 2.76 bits per heavy atom. The van der Waals surface area contributed by atoms with Crippen molar-refractivity contribution in [3.05, 3.63) is 83.2 Å². The molecule has 0 fully saturated rings. The van der Waals surface area contributed by atoms with E-state index in [1.807, 2.05) is 18.2 Å². The molecule has 0 radical (unpaired) electrons. The Kier molecular flexibility index (Phi) is 5.20. The summed E-state index contributed by atoms with van der Waals surface area (Å²) in [7, 11) is 0. The first-order valence-electron chi connectivity index (χ1n) is 7.47. The lowest BCUT2D eigenvalue weighted by atomic mass is 10.2. The Hall–Kier alpha value is -2.99. The van der Waals surface area contributed by atoms with E-state index in [0.717, 1.165) is 5.69 Å². The highest BCUT2D eigenvalue weighted by Gasteiger charge is 2.08. The van der Waals surface area contributed by atoms with Gasteiger partial charge >= 0.3 is 0 Å². The average molecular weight is 357 g/mol. The lowest BCUT2D eigenvalue weighted by Crippen LogP contribution is -2.23. The second-order valence-electron chi connectivity index (χ2n) is 5.22. The molecular weight excluding hydrogens is 343 g/mol. The van der Waals surface area contributed by atoms with E-state index in [2.05, 4.69) is 20.6 Å². The fourth-order valence-corrected chi connectivity index (χ4v) is 2.33. The van der Waals surface area contributed by atoms with E-state index in [1.54, 1.807) is 24.5 Å². The third-order valence-electron chi connectivity index (χ3n) is 3.36. The highest BCUT2D eigenvalue weighted by Crippen LogP contribution is 2.22. The van der Waals surface area contributed by atoms with Crippen LogP contribution >= 0.6 is 11.6 Å². The molecule has 7 heteroatoms. The van der Waals surface area contributed by atoms with Crippen LogP contribution in [-0.2, 0) is 6.54 Å². The largest absolute Gasteiger partial charge is 0.354 e. The number of hydrogen-bond acceptors (Lipinski definition) is 4. The maximum Gasteiger partial charge on any atom is 0.253 e. The summed E-state index contributed by atoms with van der Waals surface area (Å²) in [5.41, 5.74) is 2.35. The Bertz CT molecular complexity index is 889. The van der Waals surface area contributed by atoms with Gasteiger partial charge in [-0.25, -0.2) is 4.39 Å². The van der Waals surface area contributed by atoms with Crippen molar-refractivity contribution < 1.29 is 9.18 Å². The third-order valence-corrected chi connectivity index (χ3v) is 3.65. The van der Waals surface area contributed by atoms with Crippen LogP contribution in [0.1, 0.15) is 16.1 Å². The molecule has 2 heterocycles. The van der Waals surface area contributed by atoms with E-state index in [0.29, 0.717) is 23.5 Å². The fraction of sp³-hybridized carbons (Fsp3) is 0.0556. The van der Waals surface area contributed by atoms with Gasteiger partial charge in [-0.15, -0.1) is 0 Å². The molecule has 0 spiro atoms. The minimum Gasteiger partial charge on any atom is -0.354 e. The van der Waals surface area contributed by atoms with Crippen molar-refractivity contribution in [3.8, 4) is 0 Å². The molecule has 0 aliphatic carbocycles. The Morgan fingerprint density at radius 1 is 1.12 bits per heavy atom. The monoisotopic (exact) mass is 356 g/mol. The van der Waals surface area contributed by atoms with E-state index in [1.165, 1.54) is 18.3 Å². The first-order chi connectivity index (χ1) is 12.1. The van der Waals surface area contributed by atoms with Crippen LogP contribution < -0.4 is 10.6 Å². The first-order valence-corrected chi connectivity index (χ1v) is 7.85. The molecule has 5 nitrogen and oxygen atoms in total. The first kappa shape index (κ1) is 16.9. The van der Waals surface area contributed by atoms with E-state index < -0.39 is 5.82 Å². The summed E-state index contributed by atoms with van der Waals surface area (Å²) in [4.78, 5) is 20.4.